The molecule has 0 aliphatic rings. The Kier molecular flexibility index (Phi) is 6.08. The van der Waals surface area contributed by atoms with Crippen molar-refractivity contribution in [1.82, 2.24) is 15.6 Å². The molecule has 3 N–H and O–H groups in total. The monoisotopic (exact) mass is 324 g/mol. The zero-order valence-corrected chi connectivity index (χ0v) is 13.5. The number of nitrogens with one attached hydrogen (secondary N) is 3. The number of amides is 3. The lowest BCUT2D eigenvalue weighted by atomic mass is 10.2. The average Bonchev–Trinajstić information content (AvgIpc) is 2.60. The summed E-state index contributed by atoms with van der Waals surface area (Å²) in [6.45, 7) is 6.42. The van der Waals surface area contributed by atoms with Gasteiger partial charge in [-0.2, -0.15) is 0 Å². The van der Waals surface area contributed by atoms with Gasteiger partial charge in [-0.25, -0.2) is 4.79 Å². The molecule has 3 amide bonds. The Morgan fingerprint density at radius 2 is 1.88 bits per heavy atom. The van der Waals surface area contributed by atoms with Crippen LogP contribution in [0.2, 0.25) is 0 Å². The van der Waals surface area contributed by atoms with E-state index in [0.717, 1.165) is 11.1 Å². The van der Waals surface area contributed by atoms with Crippen molar-refractivity contribution in [2.24, 2.45) is 0 Å². The Bertz CT molecular complexity index is 712. The number of hydrogen-bond donors (Lipinski definition) is 3. The number of pyridine rings is 1. The molecule has 0 atom stereocenters. The number of benzene rings is 1. The lowest BCUT2D eigenvalue weighted by molar-refractivity contribution is 0.102. The minimum Gasteiger partial charge on any atom is -0.334 e. The average molecular weight is 324 g/mol. The summed E-state index contributed by atoms with van der Waals surface area (Å²) in [5.74, 6) is -0.215. The van der Waals surface area contributed by atoms with E-state index in [1.54, 1.807) is 30.5 Å². The van der Waals surface area contributed by atoms with Gasteiger partial charge in [-0.3, -0.25) is 9.78 Å². The second kappa shape index (κ2) is 8.47. The molecule has 1 aromatic carbocycles. The van der Waals surface area contributed by atoms with Crippen molar-refractivity contribution in [3.8, 4) is 0 Å². The zero-order valence-electron chi connectivity index (χ0n) is 13.5. The van der Waals surface area contributed by atoms with Crippen molar-refractivity contribution in [2.45, 2.75) is 13.5 Å². The number of aromatic nitrogens is 1. The SMILES string of the molecule is C=C(C)CNC(=O)NCc1ccc(NC(=O)c2cccnc2)cc1. The van der Waals surface area contributed by atoms with Crippen LogP contribution in [0.15, 0.2) is 60.9 Å². The highest BCUT2D eigenvalue weighted by molar-refractivity contribution is 6.03. The topological polar surface area (TPSA) is 83.1 Å². The molecule has 0 bridgehead atoms. The van der Waals surface area contributed by atoms with Gasteiger partial charge in [-0.1, -0.05) is 24.3 Å². The summed E-state index contributed by atoms with van der Waals surface area (Å²) in [7, 11) is 0. The maximum atomic E-state index is 12.0. The number of carbonyl (C=O) groups is 2. The molecule has 124 valence electrons. The fourth-order valence-electron chi connectivity index (χ4n) is 1.88. The van der Waals surface area contributed by atoms with Gasteiger partial charge in [0.25, 0.3) is 5.91 Å². The molecule has 6 nitrogen and oxygen atoms in total. The second-order valence-corrected chi connectivity index (χ2v) is 5.39. The minimum atomic E-state index is -0.244. The molecule has 0 fully saturated rings. The van der Waals surface area contributed by atoms with Gasteiger partial charge in [0, 0.05) is 31.2 Å². The van der Waals surface area contributed by atoms with Gasteiger partial charge < -0.3 is 16.0 Å². The van der Waals surface area contributed by atoms with E-state index in [1.165, 1.54) is 6.20 Å². The van der Waals surface area contributed by atoms with Gasteiger partial charge in [0.1, 0.15) is 0 Å². The highest BCUT2D eigenvalue weighted by atomic mass is 16.2. The fourth-order valence-corrected chi connectivity index (χ4v) is 1.88. The van der Waals surface area contributed by atoms with Crippen LogP contribution >= 0.6 is 0 Å². The first-order valence-corrected chi connectivity index (χ1v) is 7.51. The number of urea groups is 1. The van der Waals surface area contributed by atoms with Gasteiger partial charge in [0.15, 0.2) is 0 Å². The van der Waals surface area contributed by atoms with Gasteiger partial charge in [-0.05, 0) is 36.8 Å². The third-order valence-corrected chi connectivity index (χ3v) is 3.14. The van der Waals surface area contributed by atoms with E-state index < -0.39 is 0 Å². The number of rotatable bonds is 6. The molecule has 2 aromatic rings. The molecule has 24 heavy (non-hydrogen) atoms. The van der Waals surface area contributed by atoms with Crippen LogP contribution in [0, 0.1) is 0 Å². The number of hydrogen-bond acceptors (Lipinski definition) is 3. The maximum Gasteiger partial charge on any atom is 0.315 e. The Morgan fingerprint density at radius 3 is 2.50 bits per heavy atom. The standard InChI is InChI=1S/C18H20N4O2/c1-13(2)10-20-18(24)21-11-14-5-7-16(8-6-14)22-17(23)15-4-3-9-19-12-15/h3-9,12H,1,10-11H2,2H3,(H,22,23)(H2,20,21,24). The largest absolute Gasteiger partial charge is 0.334 e. The summed E-state index contributed by atoms with van der Waals surface area (Å²) < 4.78 is 0. The Balaban J connectivity index is 1.83. The number of carbonyl (C=O) groups excluding carboxylic acids is 2. The number of nitrogens with zero attached hydrogens (tertiary/aromatic N) is 1. The zero-order chi connectivity index (χ0) is 17.4. The lowest BCUT2D eigenvalue weighted by Crippen LogP contribution is -2.35. The summed E-state index contributed by atoms with van der Waals surface area (Å²) in [5.41, 5.74) is 3.00. The molecule has 0 saturated heterocycles. The van der Waals surface area contributed by atoms with Crippen LogP contribution in [0.1, 0.15) is 22.8 Å². The maximum absolute atomic E-state index is 12.0. The molecule has 0 aliphatic carbocycles. The first kappa shape index (κ1) is 17.2. The van der Waals surface area contributed by atoms with E-state index in [0.29, 0.717) is 24.3 Å². The summed E-state index contributed by atoms with van der Waals surface area (Å²) in [5, 5.41) is 8.24. The molecule has 2 rings (SSSR count). The van der Waals surface area contributed by atoms with Crippen LogP contribution in [0.3, 0.4) is 0 Å². The van der Waals surface area contributed by atoms with Gasteiger partial charge in [0.05, 0.1) is 5.56 Å². The number of anilines is 1. The van der Waals surface area contributed by atoms with Crippen LogP contribution in [-0.2, 0) is 6.54 Å². The smallest absolute Gasteiger partial charge is 0.315 e. The Hall–Kier alpha value is -3.15. The van der Waals surface area contributed by atoms with Crippen LogP contribution in [0.4, 0.5) is 10.5 Å². The molecule has 0 aliphatic heterocycles. The van der Waals surface area contributed by atoms with Gasteiger partial charge in [-0.15, -0.1) is 0 Å². The van der Waals surface area contributed by atoms with Crippen molar-refractivity contribution in [1.29, 1.82) is 0 Å². The third kappa shape index (κ3) is 5.57. The van der Waals surface area contributed by atoms with Crippen LogP contribution in [0.5, 0.6) is 0 Å². The molecule has 1 heterocycles. The molecule has 0 saturated carbocycles. The normalized spacial score (nSPS) is 9.88. The first-order valence-electron chi connectivity index (χ1n) is 7.51. The van der Waals surface area contributed by atoms with E-state index in [-0.39, 0.29) is 11.9 Å². The summed E-state index contributed by atoms with van der Waals surface area (Å²) in [4.78, 5) is 27.5. The predicted octanol–water partition coefficient (Wildman–Crippen LogP) is 2.71. The fraction of sp³-hybridized carbons (Fsp3) is 0.167. The summed E-state index contributed by atoms with van der Waals surface area (Å²) in [6, 6.07) is 10.4. The molecule has 1 aromatic heterocycles. The highest BCUT2D eigenvalue weighted by Crippen LogP contribution is 2.11. The molecule has 0 radical (unpaired) electrons. The van der Waals surface area contributed by atoms with Crippen LogP contribution in [0.25, 0.3) is 0 Å². The molecule has 6 heteroatoms. The lowest BCUT2D eigenvalue weighted by Gasteiger charge is -2.09. The van der Waals surface area contributed by atoms with Crippen LogP contribution in [-0.4, -0.2) is 23.5 Å². The third-order valence-electron chi connectivity index (χ3n) is 3.14. The second-order valence-electron chi connectivity index (χ2n) is 5.39. The van der Waals surface area contributed by atoms with Crippen molar-refractivity contribution in [2.75, 3.05) is 11.9 Å². The van der Waals surface area contributed by atoms with Crippen molar-refractivity contribution in [3.05, 3.63) is 72.1 Å². The highest BCUT2D eigenvalue weighted by Gasteiger charge is 2.06. The summed E-state index contributed by atoms with van der Waals surface area (Å²) in [6.07, 6.45) is 3.13. The van der Waals surface area contributed by atoms with E-state index in [4.69, 9.17) is 0 Å². The molecular formula is C18H20N4O2. The van der Waals surface area contributed by atoms with Crippen molar-refractivity contribution in [3.63, 3.8) is 0 Å². The van der Waals surface area contributed by atoms with E-state index in [9.17, 15) is 9.59 Å². The summed E-state index contributed by atoms with van der Waals surface area (Å²) >= 11 is 0. The minimum absolute atomic E-state index is 0.215. The molecule has 0 unspecified atom stereocenters. The Morgan fingerprint density at radius 1 is 1.12 bits per heavy atom. The van der Waals surface area contributed by atoms with Crippen molar-refractivity contribution < 1.29 is 9.59 Å². The molecule has 0 spiro atoms. The van der Waals surface area contributed by atoms with E-state index in [2.05, 4.69) is 27.5 Å². The predicted molar refractivity (Wildman–Crippen MR) is 93.7 cm³/mol. The van der Waals surface area contributed by atoms with Crippen LogP contribution < -0.4 is 16.0 Å². The molecular weight excluding hydrogens is 304 g/mol. The van der Waals surface area contributed by atoms with Gasteiger partial charge >= 0.3 is 6.03 Å². The van der Waals surface area contributed by atoms with E-state index in [1.807, 2.05) is 19.1 Å². The Labute approximate surface area is 141 Å². The quantitative estimate of drug-likeness (QED) is 0.714. The van der Waals surface area contributed by atoms with Gasteiger partial charge in [0.2, 0.25) is 0 Å². The first-order chi connectivity index (χ1) is 11.5. The van der Waals surface area contributed by atoms with E-state index >= 15 is 0 Å². The van der Waals surface area contributed by atoms with Crippen molar-refractivity contribution >= 4 is 17.6 Å².